The van der Waals surface area contributed by atoms with Crippen molar-refractivity contribution in [2.75, 3.05) is 10.6 Å². The van der Waals surface area contributed by atoms with Gasteiger partial charge in [-0.25, -0.2) is 4.39 Å². The topological polar surface area (TPSA) is 110 Å². The summed E-state index contributed by atoms with van der Waals surface area (Å²) in [6.07, 6.45) is 2.75. The first-order valence-electron chi connectivity index (χ1n) is 7.74. The minimum atomic E-state index is -0.807. The lowest BCUT2D eigenvalue weighted by molar-refractivity contribution is -0.108. The lowest BCUT2D eigenvalue weighted by atomic mass is 10.0. The van der Waals surface area contributed by atoms with Gasteiger partial charge < -0.3 is 26.9 Å². The SMILES string of the molecule is CC(N)=CC(=S)Nc1cc(N[C@@H](C=O)CC(C)C)c(F)cc1C(N)=O. The Kier molecular flexibility index (Phi) is 7.50. The van der Waals surface area contributed by atoms with Gasteiger partial charge in [-0.3, -0.25) is 4.79 Å². The molecule has 0 aromatic heterocycles. The molecule has 6 N–H and O–H groups in total. The quantitative estimate of drug-likeness (QED) is 0.320. The summed E-state index contributed by atoms with van der Waals surface area (Å²) in [4.78, 5) is 23.0. The molecule has 25 heavy (non-hydrogen) atoms. The van der Waals surface area contributed by atoms with Gasteiger partial charge in [0.15, 0.2) is 0 Å². The number of hydrogen-bond acceptors (Lipinski definition) is 5. The fourth-order valence-electron chi connectivity index (χ4n) is 2.22. The zero-order valence-electron chi connectivity index (χ0n) is 14.4. The molecule has 136 valence electrons. The molecule has 0 fully saturated rings. The van der Waals surface area contributed by atoms with E-state index in [1.165, 1.54) is 12.1 Å². The van der Waals surface area contributed by atoms with Crippen LogP contribution in [0.1, 0.15) is 37.6 Å². The molecular formula is C17H23FN4O2S. The number of carbonyl (C=O) groups is 2. The lowest BCUT2D eigenvalue weighted by Crippen LogP contribution is -2.24. The van der Waals surface area contributed by atoms with Crippen LogP contribution in [0, 0.1) is 11.7 Å². The molecule has 0 radical (unpaired) electrons. The lowest BCUT2D eigenvalue weighted by Gasteiger charge is -2.18. The van der Waals surface area contributed by atoms with Crippen molar-refractivity contribution in [2.24, 2.45) is 17.4 Å². The first-order valence-corrected chi connectivity index (χ1v) is 8.14. The van der Waals surface area contributed by atoms with E-state index in [0.29, 0.717) is 12.1 Å². The predicted octanol–water partition coefficient (Wildman–Crippen LogP) is 2.55. The molecule has 1 atom stereocenters. The number of primary amides is 1. The molecule has 8 heteroatoms. The number of nitrogens with one attached hydrogen (secondary N) is 2. The number of thiocarbonyl (C=S) groups is 1. The monoisotopic (exact) mass is 366 g/mol. The first-order chi connectivity index (χ1) is 11.6. The smallest absolute Gasteiger partial charge is 0.250 e. The number of benzene rings is 1. The van der Waals surface area contributed by atoms with Crippen LogP contribution >= 0.6 is 12.2 Å². The van der Waals surface area contributed by atoms with E-state index >= 15 is 0 Å². The van der Waals surface area contributed by atoms with Crippen LogP contribution in [0.5, 0.6) is 0 Å². The molecule has 0 saturated heterocycles. The Morgan fingerprint density at radius 3 is 2.44 bits per heavy atom. The summed E-state index contributed by atoms with van der Waals surface area (Å²) in [5.41, 5.74) is 11.6. The van der Waals surface area contributed by atoms with E-state index in [9.17, 15) is 14.0 Å². The minimum Gasteiger partial charge on any atom is -0.402 e. The maximum absolute atomic E-state index is 14.3. The number of amides is 1. The molecule has 0 aliphatic heterocycles. The van der Waals surface area contributed by atoms with Crippen LogP contribution in [0.15, 0.2) is 23.9 Å². The second-order valence-electron chi connectivity index (χ2n) is 6.14. The van der Waals surface area contributed by atoms with Gasteiger partial charge in [0, 0.05) is 5.70 Å². The van der Waals surface area contributed by atoms with Gasteiger partial charge >= 0.3 is 0 Å². The fraction of sp³-hybridized carbons (Fsp3) is 0.353. The van der Waals surface area contributed by atoms with Crippen LogP contribution in [-0.4, -0.2) is 23.2 Å². The van der Waals surface area contributed by atoms with E-state index in [2.05, 4.69) is 10.6 Å². The van der Waals surface area contributed by atoms with Crippen LogP contribution in [0.2, 0.25) is 0 Å². The normalized spacial score (nSPS) is 12.6. The Morgan fingerprint density at radius 1 is 1.32 bits per heavy atom. The van der Waals surface area contributed by atoms with E-state index in [-0.39, 0.29) is 27.8 Å². The van der Waals surface area contributed by atoms with Crippen molar-refractivity contribution in [2.45, 2.75) is 33.2 Å². The number of nitrogens with two attached hydrogens (primary N) is 2. The van der Waals surface area contributed by atoms with Gasteiger partial charge in [0.25, 0.3) is 5.91 Å². The molecular weight excluding hydrogens is 343 g/mol. The van der Waals surface area contributed by atoms with E-state index in [1.54, 1.807) is 6.92 Å². The van der Waals surface area contributed by atoms with Gasteiger partial charge in [-0.1, -0.05) is 26.1 Å². The Morgan fingerprint density at radius 2 is 1.96 bits per heavy atom. The highest BCUT2D eigenvalue weighted by Gasteiger charge is 2.17. The summed E-state index contributed by atoms with van der Waals surface area (Å²) in [5, 5.41) is 5.63. The van der Waals surface area contributed by atoms with Crippen LogP contribution in [0.4, 0.5) is 15.8 Å². The maximum Gasteiger partial charge on any atom is 0.250 e. The molecule has 1 rings (SSSR count). The van der Waals surface area contributed by atoms with E-state index in [4.69, 9.17) is 23.7 Å². The van der Waals surface area contributed by atoms with E-state index < -0.39 is 17.8 Å². The summed E-state index contributed by atoms with van der Waals surface area (Å²) in [7, 11) is 0. The zero-order valence-corrected chi connectivity index (χ0v) is 15.2. The largest absolute Gasteiger partial charge is 0.402 e. The van der Waals surface area contributed by atoms with E-state index in [0.717, 1.165) is 12.4 Å². The van der Waals surface area contributed by atoms with Crippen LogP contribution < -0.4 is 22.1 Å². The molecule has 0 unspecified atom stereocenters. The van der Waals surface area contributed by atoms with Crippen molar-refractivity contribution in [3.05, 3.63) is 35.3 Å². The second kappa shape index (κ2) is 9.12. The van der Waals surface area contributed by atoms with Crippen LogP contribution in [0.3, 0.4) is 0 Å². The third-order valence-electron chi connectivity index (χ3n) is 3.22. The molecule has 0 aliphatic rings. The fourth-order valence-corrected chi connectivity index (χ4v) is 2.52. The maximum atomic E-state index is 14.3. The molecule has 0 saturated carbocycles. The molecule has 6 nitrogen and oxygen atoms in total. The van der Waals surface area contributed by atoms with Gasteiger partial charge in [0.05, 0.1) is 23.0 Å². The highest BCUT2D eigenvalue weighted by atomic mass is 32.1. The Labute approximate surface area is 151 Å². The van der Waals surface area contributed by atoms with Crippen molar-refractivity contribution >= 4 is 40.8 Å². The average molecular weight is 366 g/mol. The summed E-state index contributed by atoms with van der Waals surface area (Å²) in [6.45, 7) is 5.57. The van der Waals surface area contributed by atoms with Gasteiger partial charge in [0.2, 0.25) is 0 Å². The summed E-state index contributed by atoms with van der Waals surface area (Å²) < 4.78 is 14.3. The summed E-state index contributed by atoms with van der Waals surface area (Å²) in [6, 6.07) is 1.81. The standard InChI is InChI=1S/C17H23FN4O2S/c1-9(2)4-11(8-23)21-15-7-14(22-16(25)5-10(3)19)12(17(20)24)6-13(15)18/h5-9,11,21H,4,19H2,1-3H3,(H2,20,24)(H,22,25)/t11-/m1/s1. The van der Waals surface area contributed by atoms with Crippen molar-refractivity contribution in [1.29, 1.82) is 0 Å². The van der Waals surface area contributed by atoms with Crippen molar-refractivity contribution in [3.63, 3.8) is 0 Å². The molecule has 0 heterocycles. The molecule has 0 bridgehead atoms. The third-order valence-corrected chi connectivity index (χ3v) is 3.44. The Hall–Kier alpha value is -2.48. The Bertz CT molecular complexity index is 700. The van der Waals surface area contributed by atoms with Gasteiger partial charge in [0.1, 0.15) is 17.1 Å². The predicted molar refractivity (Wildman–Crippen MR) is 102 cm³/mol. The summed E-state index contributed by atoms with van der Waals surface area (Å²) in [5.74, 6) is -1.25. The van der Waals surface area contributed by atoms with Gasteiger partial charge in [-0.2, -0.15) is 0 Å². The number of allylic oxidation sites excluding steroid dienone is 1. The van der Waals surface area contributed by atoms with Gasteiger partial charge in [-0.15, -0.1) is 0 Å². The number of halogens is 1. The van der Waals surface area contributed by atoms with Crippen molar-refractivity contribution < 1.29 is 14.0 Å². The second-order valence-corrected chi connectivity index (χ2v) is 6.58. The van der Waals surface area contributed by atoms with Gasteiger partial charge in [-0.05, 0) is 37.5 Å². The highest BCUT2D eigenvalue weighted by Crippen LogP contribution is 2.26. The summed E-state index contributed by atoms with van der Waals surface area (Å²) >= 11 is 5.11. The molecule has 1 aromatic carbocycles. The van der Waals surface area contributed by atoms with Crippen molar-refractivity contribution in [3.8, 4) is 0 Å². The first kappa shape index (κ1) is 20.6. The molecule has 1 amide bonds. The number of rotatable bonds is 8. The van der Waals surface area contributed by atoms with Crippen LogP contribution in [0.25, 0.3) is 0 Å². The third kappa shape index (κ3) is 6.50. The average Bonchev–Trinajstić information content (AvgIpc) is 2.47. The van der Waals surface area contributed by atoms with E-state index in [1.807, 2.05) is 13.8 Å². The Balaban J connectivity index is 3.21. The molecule has 1 aromatic rings. The minimum absolute atomic E-state index is 0.0556. The number of hydrogen-bond donors (Lipinski definition) is 4. The number of anilines is 2. The number of carbonyl (C=O) groups excluding carboxylic acids is 2. The van der Waals surface area contributed by atoms with Crippen molar-refractivity contribution in [1.82, 2.24) is 0 Å². The number of aldehydes is 1. The highest BCUT2D eigenvalue weighted by molar-refractivity contribution is 7.81. The molecule has 0 spiro atoms. The zero-order chi connectivity index (χ0) is 19.1. The van der Waals surface area contributed by atoms with Crippen LogP contribution in [-0.2, 0) is 4.79 Å². The molecule has 0 aliphatic carbocycles.